The minimum atomic E-state index is -3.05. The Bertz CT molecular complexity index is 1030. The standard InChI is InChI=1S/C19H25N3O4S2/c1-3-10-22-18(24)15-7-5-6-8-16(15)20-19(22)27-12-17(23)21(4-2)14-9-11-28(25,26)13-14/h5-8,14H,3-4,9-13H2,1-2H3. The van der Waals surface area contributed by atoms with Crippen LogP contribution in [0.1, 0.15) is 26.7 Å². The van der Waals surface area contributed by atoms with Crippen LogP contribution in [0.25, 0.3) is 10.9 Å². The third-order valence-corrected chi connectivity index (χ3v) is 7.62. The Hall–Kier alpha value is -1.87. The minimum Gasteiger partial charge on any atom is -0.338 e. The number of thioether (sulfide) groups is 1. The highest BCUT2D eigenvalue weighted by Crippen LogP contribution is 2.22. The molecule has 2 heterocycles. The van der Waals surface area contributed by atoms with Gasteiger partial charge in [-0.05, 0) is 31.9 Å². The van der Waals surface area contributed by atoms with Crippen LogP contribution in [0.15, 0.2) is 34.2 Å². The fraction of sp³-hybridized carbons (Fsp3) is 0.526. The Morgan fingerprint density at radius 3 is 2.71 bits per heavy atom. The molecule has 0 aliphatic carbocycles. The number of nitrogens with zero attached hydrogens (tertiary/aromatic N) is 3. The lowest BCUT2D eigenvalue weighted by Crippen LogP contribution is -2.42. The Labute approximate surface area is 169 Å². The molecule has 0 bridgehead atoms. The van der Waals surface area contributed by atoms with Crippen molar-refractivity contribution in [3.8, 4) is 0 Å². The maximum absolute atomic E-state index is 12.8. The molecule has 1 atom stereocenters. The van der Waals surface area contributed by atoms with Crippen molar-refractivity contribution in [2.45, 2.75) is 44.4 Å². The van der Waals surface area contributed by atoms with Gasteiger partial charge in [-0.1, -0.05) is 30.8 Å². The van der Waals surface area contributed by atoms with E-state index in [0.29, 0.717) is 35.6 Å². The number of amides is 1. The topological polar surface area (TPSA) is 89.3 Å². The second-order valence-corrected chi connectivity index (χ2v) is 10.1. The molecule has 2 aromatic rings. The lowest BCUT2D eigenvalue weighted by Gasteiger charge is -2.26. The molecule has 1 aromatic heterocycles. The fourth-order valence-corrected chi connectivity index (χ4v) is 6.19. The number of fused-ring (bicyclic) bond motifs is 1. The summed E-state index contributed by atoms with van der Waals surface area (Å²) >= 11 is 1.24. The Morgan fingerprint density at radius 1 is 1.32 bits per heavy atom. The first-order valence-corrected chi connectivity index (χ1v) is 12.3. The van der Waals surface area contributed by atoms with Gasteiger partial charge in [0, 0.05) is 19.1 Å². The molecule has 3 rings (SSSR count). The van der Waals surface area contributed by atoms with Crippen LogP contribution in [-0.4, -0.2) is 58.6 Å². The lowest BCUT2D eigenvalue weighted by molar-refractivity contribution is -0.129. The van der Waals surface area contributed by atoms with E-state index < -0.39 is 9.84 Å². The molecule has 0 spiro atoms. The van der Waals surface area contributed by atoms with Gasteiger partial charge in [0.2, 0.25) is 5.91 Å². The first-order valence-electron chi connectivity index (χ1n) is 9.48. The summed E-state index contributed by atoms with van der Waals surface area (Å²) < 4.78 is 25.1. The largest absolute Gasteiger partial charge is 0.338 e. The number of aromatic nitrogens is 2. The lowest BCUT2D eigenvalue weighted by atomic mass is 10.2. The van der Waals surface area contributed by atoms with Crippen molar-refractivity contribution in [2.24, 2.45) is 0 Å². The summed E-state index contributed by atoms with van der Waals surface area (Å²) in [6.07, 6.45) is 1.27. The van der Waals surface area contributed by atoms with Crippen LogP contribution in [0.4, 0.5) is 0 Å². The van der Waals surface area contributed by atoms with Crippen molar-refractivity contribution in [3.05, 3.63) is 34.6 Å². The van der Waals surface area contributed by atoms with E-state index in [0.717, 1.165) is 6.42 Å². The molecular formula is C19H25N3O4S2. The second kappa shape index (κ2) is 8.65. The van der Waals surface area contributed by atoms with Gasteiger partial charge in [0.1, 0.15) is 0 Å². The smallest absolute Gasteiger partial charge is 0.262 e. The SMILES string of the molecule is CCCn1c(SCC(=O)N(CC)C2CCS(=O)(=O)C2)nc2ccccc2c1=O. The molecule has 152 valence electrons. The number of sulfone groups is 1. The summed E-state index contributed by atoms with van der Waals surface area (Å²) in [4.78, 5) is 31.8. The zero-order valence-corrected chi connectivity index (χ0v) is 17.8. The second-order valence-electron chi connectivity index (χ2n) is 6.89. The third-order valence-electron chi connectivity index (χ3n) is 4.91. The van der Waals surface area contributed by atoms with Crippen molar-refractivity contribution < 1.29 is 13.2 Å². The van der Waals surface area contributed by atoms with Crippen LogP contribution in [0.2, 0.25) is 0 Å². The first kappa shape index (κ1) is 20.9. The zero-order valence-electron chi connectivity index (χ0n) is 16.1. The summed E-state index contributed by atoms with van der Waals surface area (Å²) in [5, 5.41) is 1.09. The first-order chi connectivity index (χ1) is 13.4. The van der Waals surface area contributed by atoms with Crippen LogP contribution in [-0.2, 0) is 21.2 Å². The van der Waals surface area contributed by atoms with Gasteiger partial charge in [-0.15, -0.1) is 0 Å². The van der Waals surface area contributed by atoms with Gasteiger partial charge in [0.15, 0.2) is 15.0 Å². The molecule has 7 nitrogen and oxygen atoms in total. The van der Waals surface area contributed by atoms with Gasteiger partial charge in [-0.2, -0.15) is 0 Å². The quantitative estimate of drug-likeness (QED) is 0.499. The average Bonchev–Trinajstić information content (AvgIpc) is 3.02. The minimum absolute atomic E-state index is 0.0337. The van der Waals surface area contributed by atoms with E-state index in [9.17, 15) is 18.0 Å². The van der Waals surface area contributed by atoms with Gasteiger partial charge >= 0.3 is 0 Å². The van der Waals surface area contributed by atoms with E-state index in [4.69, 9.17) is 0 Å². The Balaban J connectivity index is 1.81. The normalized spacial score (nSPS) is 18.4. The summed E-state index contributed by atoms with van der Waals surface area (Å²) in [6.45, 7) is 4.84. The predicted molar refractivity (Wildman–Crippen MR) is 111 cm³/mol. The Morgan fingerprint density at radius 2 is 2.07 bits per heavy atom. The molecule has 1 amide bonds. The van der Waals surface area contributed by atoms with E-state index in [2.05, 4.69) is 4.98 Å². The van der Waals surface area contributed by atoms with Crippen molar-refractivity contribution >= 4 is 38.4 Å². The van der Waals surface area contributed by atoms with Crippen molar-refractivity contribution in [1.29, 1.82) is 0 Å². The number of carbonyl (C=O) groups is 1. The van der Waals surface area contributed by atoms with Crippen LogP contribution in [0.5, 0.6) is 0 Å². The molecular weight excluding hydrogens is 398 g/mol. The number of benzene rings is 1. The molecule has 1 aromatic carbocycles. The van der Waals surface area contributed by atoms with E-state index in [1.54, 1.807) is 21.6 Å². The molecule has 1 aliphatic rings. The summed E-state index contributed by atoms with van der Waals surface area (Å²) in [7, 11) is -3.05. The number of rotatable bonds is 7. The molecule has 1 fully saturated rings. The van der Waals surface area contributed by atoms with Crippen LogP contribution >= 0.6 is 11.8 Å². The molecule has 1 aliphatic heterocycles. The molecule has 28 heavy (non-hydrogen) atoms. The van der Waals surface area contributed by atoms with E-state index in [-0.39, 0.29) is 34.8 Å². The highest BCUT2D eigenvalue weighted by atomic mass is 32.2. The fourth-order valence-electron chi connectivity index (χ4n) is 3.55. The van der Waals surface area contributed by atoms with Gasteiger partial charge in [0.05, 0.1) is 28.2 Å². The van der Waals surface area contributed by atoms with E-state index >= 15 is 0 Å². The number of hydrogen-bond acceptors (Lipinski definition) is 6. The highest BCUT2D eigenvalue weighted by molar-refractivity contribution is 7.99. The Kier molecular flexibility index (Phi) is 6.44. The number of hydrogen-bond donors (Lipinski definition) is 0. The molecule has 9 heteroatoms. The van der Waals surface area contributed by atoms with Gasteiger partial charge in [-0.25, -0.2) is 13.4 Å². The molecule has 0 radical (unpaired) electrons. The molecule has 1 saturated heterocycles. The monoisotopic (exact) mass is 423 g/mol. The highest BCUT2D eigenvalue weighted by Gasteiger charge is 2.33. The van der Waals surface area contributed by atoms with E-state index in [1.807, 2.05) is 26.0 Å². The number of para-hydroxylation sites is 1. The van der Waals surface area contributed by atoms with Crippen molar-refractivity contribution in [1.82, 2.24) is 14.5 Å². The summed E-state index contributed by atoms with van der Waals surface area (Å²) in [6, 6.07) is 6.94. The van der Waals surface area contributed by atoms with Crippen LogP contribution in [0, 0.1) is 0 Å². The zero-order chi connectivity index (χ0) is 20.3. The van der Waals surface area contributed by atoms with Gasteiger partial charge < -0.3 is 4.90 Å². The van der Waals surface area contributed by atoms with Crippen molar-refractivity contribution in [3.63, 3.8) is 0 Å². The molecule has 0 N–H and O–H groups in total. The van der Waals surface area contributed by atoms with Gasteiger partial charge in [-0.3, -0.25) is 14.2 Å². The maximum Gasteiger partial charge on any atom is 0.262 e. The van der Waals surface area contributed by atoms with E-state index in [1.165, 1.54) is 11.8 Å². The number of carbonyl (C=O) groups excluding carboxylic acids is 1. The van der Waals surface area contributed by atoms with Crippen LogP contribution in [0.3, 0.4) is 0 Å². The maximum atomic E-state index is 12.8. The molecule has 0 saturated carbocycles. The third kappa shape index (κ3) is 4.41. The van der Waals surface area contributed by atoms with Crippen molar-refractivity contribution in [2.75, 3.05) is 23.8 Å². The van der Waals surface area contributed by atoms with Gasteiger partial charge in [0.25, 0.3) is 5.56 Å². The predicted octanol–water partition coefficient (Wildman–Crippen LogP) is 1.93. The summed E-state index contributed by atoms with van der Waals surface area (Å²) in [5.41, 5.74) is 0.515. The van der Waals surface area contributed by atoms with Crippen LogP contribution < -0.4 is 5.56 Å². The molecule has 1 unspecified atom stereocenters. The summed E-state index contributed by atoms with van der Waals surface area (Å²) in [5.74, 6) is 0.168. The average molecular weight is 424 g/mol.